The molecular formula is C25H22N6O3. The third kappa shape index (κ3) is 3.73. The van der Waals surface area contributed by atoms with E-state index >= 15 is 0 Å². The second-order valence-electron chi connectivity index (χ2n) is 8.53. The lowest BCUT2D eigenvalue weighted by molar-refractivity contribution is -0.122. The molecule has 0 saturated heterocycles. The highest BCUT2D eigenvalue weighted by atomic mass is 16.2. The topological polar surface area (TPSA) is 121 Å². The van der Waals surface area contributed by atoms with E-state index in [1.807, 2.05) is 0 Å². The van der Waals surface area contributed by atoms with Gasteiger partial charge in [0.1, 0.15) is 11.6 Å². The van der Waals surface area contributed by atoms with Crippen LogP contribution in [-0.2, 0) is 4.79 Å². The molecule has 34 heavy (non-hydrogen) atoms. The van der Waals surface area contributed by atoms with Crippen molar-refractivity contribution in [2.45, 2.75) is 25.7 Å². The summed E-state index contributed by atoms with van der Waals surface area (Å²) in [6, 6.07) is 14.1. The molecule has 3 amide bonds. The van der Waals surface area contributed by atoms with Crippen molar-refractivity contribution < 1.29 is 14.4 Å². The van der Waals surface area contributed by atoms with Crippen LogP contribution in [0.15, 0.2) is 54.9 Å². The minimum Gasteiger partial charge on any atom is -0.309 e. The second-order valence-corrected chi connectivity index (χ2v) is 8.53. The van der Waals surface area contributed by atoms with Gasteiger partial charge in [0, 0.05) is 18.7 Å². The molecule has 3 aromatic rings. The Kier molecular flexibility index (Phi) is 5.64. The van der Waals surface area contributed by atoms with E-state index in [0.29, 0.717) is 23.4 Å². The molecule has 2 atom stereocenters. The molecule has 2 aliphatic rings. The summed E-state index contributed by atoms with van der Waals surface area (Å²) in [5.74, 6) is -0.725. The largest absolute Gasteiger partial charge is 0.309 e. The van der Waals surface area contributed by atoms with E-state index < -0.39 is 5.92 Å². The summed E-state index contributed by atoms with van der Waals surface area (Å²) in [5, 5.41) is 16.6. The van der Waals surface area contributed by atoms with Crippen LogP contribution in [-0.4, -0.2) is 43.9 Å². The van der Waals surface area contributed by atoms with Crippen molar-refractivity contribution in [3.05, 3.63) is 71.5 Å². The number of fused-ring (bicyclic) bond motifs is 1. The second kappa shape index (κ2) is 8.90. The minimum atomic E-state index is -0.406. The molecule has 1 aliphatic carbocycles. The Hall–Kier alpha value is -4.32. The Morgan fingerprint density at radius 2 is 1.76 bits per heavy atom. The van der Waals surface area contributed by atoms with E-state index in [0.717, 1.165) is 19.3 Å². The molecule has 3 heterocycles. The zero-order chi connectivity index (χ0) is 23.7. The van der Waals surface area contributed by atoms with Gasteiger partial charge >= 0.3 is 0 Å². The van der Waals surface area contributed by atoms with E-state index in [4.69, 9.17) is 0 Å². The Morgan fingerprint density at radius 3 is 2.44 bits per heavy atom. The van der Waals surface area contributed by atoms with Crippen molar-refractivity contribution in [3.63, 3.8) is 0 Å². The number of benzene rings is 1. The third-order valence-corrected chi connectivity index (χ3v) is 6.54. The molecular weight excluding hydrogens is 432 g/mol. The molecule has 9 heteroatoms. The lowest BCUT2D eigenvalue weighted by Gasteiger charge is -2.32. The summed E-state index contributed by atoms with van der Waals surface area (Å²) < 4.78 is 1.43. The number of hydrogen-bond acceptors (Lipinski definition) is 6. The summed E-state index contributed by atoms with van der Waals surface area (Å²) in [4.78, 5) is 44.6. The number of pyridine rings is 1. The number of amides is 3. The van der Waals surface area contributed by atoms with Crippen LogP contribution in [0.2, 0.25) is 0 Å². The Morgan fingerprint density at radius 1 is 1.06 bits per heavy atom. The summed E-state index contributed by atoms with van der Waals surface area (Å²) in [5.41, 5.74) is 1.04. The van der Waals surface area contributed by atoms with Gasteiger partial charge in [0.2, 0.25) is 5.91 Å². The molecule has 1 N–H and O–H groups in total. The van der Waals surface area contributed by atoms with Gasteiger partial charge in [0.25, 0.3) is 11.8 Å². The lowest BCUT2D eigenvalue weighted by Crippen LogP contribution is -2.41. The first-order chi connectivity index (χ1) is 16.6. The number of imide groups is 1. The van der Waals surface area contributed by atoms with E-state index in [1.54, 1.807) is 48.7 Å². The van der Waals surface area contributed by atoms with Crippen molar-refractivity contribution in [2.75, 3.05) is 11.9 Å². The molecule has 0 bridgehead atoms. The van der Waals surface area contributed by atoms with Crippen molar-refractivity contribution in [3.8, 4) is 11.9 Å². The van der Waals surface area contributed by atoms with Gasteiger partial charge in [0.05, 0.1) is 17.3 Å². The van der Waals surface area contributed by atoms with E-state index in [2.05, 4.69) is 21.5 Å². The zero-order valence-corrected chi connectivity index (χ0v) is 18.3. The predicted molar refractivity (Wildman–Crippen MR) is 122 cm³/mol. The number of aromatic nitrogens is 3. The highest BCUT2D eigenvalue weighted by Gasteiger charge is 2.40. The Balaban J connectivity index is 1.37. The number of hydrogen-bond donors (Lipinski definition) is 1. The van der Waals surface area contributed by atoms with Crippen LogP contribution in [0.1, 0.15) is 52.0 Å². The van der Waals surface area contributed by atoms with Crippen molar-refractivity contribution >= 4 is 23.5 Å². The van der Waals surface area contributed by atoms with Gasteiger partial charge in [-0.15, -0.1) is 0 Å². The van der Waals surface area contributed by atoms with Gasteiger partial charge in [-0.1, -0.05) is 31.0 Å². The quantitative estimate of drug-likeness (QED) is 0.591. The van der Waals surface area contributed by atoms with Crippen LogP contribution in [0.4, 0.5) is 5.82 Å². The number of nitrogens with zero attached hydrogens (tertiary/aromatic N) is 5. The fourth-order valence-corrected chi connectivity index (χ4v) is 4.82. The van der Waals surface area contributed by atoms with Gasteiger partial charge in [-0.3, -0.25) is 19.3 Å². The smallest absolute Gasteiger partial charge is 0.261 e. The van der Waals surface area contributed by atoms with E-state index in [9.17, 15) is 19.6 Å². The monoisotopic (exact) mass is 454 g/mol. The van der Waals surface area contributed by atoms with Crippen LogP contribution in [0.3, 0.4) is 0 Å². The van der Waals surface area contributed by atoms with Crippen LogP contribution < -0.4 is 5.32 Å². The summed E-state index contributed by atoms with van der Waals surface area (Å²) in [7, 11) is 0. The van der Waals surface area contributed by atoms with Crippen LogP contribution in [0.5, 0.6) is 0 Å². The van der Waals surface area contributed by atoms with Gasteiger partial charge in [-0.05, 0) is 43.0 Å². The van der Waals surface area contributed by atoms with Gasteiger partial charge < -0.3 is 5.32 Å². The van der Waals surface area contributed by atoms with Crippen molar-refractivity contribution in [2.24, 2.45) is 11.8 Å². The SMILES string of the molecule is N#Cc1cnn(-c2ccccn2)c1NC(=O)C1CCCCC1CN1C(=O)c2ccccc2C1=O. The van der Waals surface area contributed by atoms with Crippen LogP contribution in [0, 0.1) is 23.2 Å². The van der Waals surface area contributed by atoms with Crippen molar-refractivity contribution in [1.82, 2.24) is 19.7 Å². The first kappa shape index (κ1) is 21.5. The lowest BCUT2D eigenvalue weighted by atomic mass is 9.78. The maximum Gasteiger partial charge on any atom is 0.261 e. The standard InChI is InChI=1S/C25H22N6O3/c26-13-17-14-28-31(21-11-5-6-12-27-21)22(17)29-23(32)18-8-2-1-7-16(18)15-30-24(33)19-9-3-4-10-20(19)25(30)34/h3-6,9-12,14,16,18H,1-2,7-8,15H2,(H,29,32). The molecule has 170 valence electrons. The average molecular weight is 454 g/mol. The maximum atomic E-state index is 13.4. The molecule has 1 aliphatic heterocycles. The predicted octanol–water partition coefficient (Wildman–Crippen LogP) is 3.18. The Labute approximate surface area is 196 Å². The number of nitrogens with one attached hydrogen (secondary N) is 1. The Bertz CT molecular complexity index is 1270. The maximum absolute atomic E-state index is 13.4. The third-order valence-electron chi connectivity index (χ3n) is 6.54. The molecule has 0 spiro atoms. The molecule has 5 rings (SSSR count). The highest BCUT2D eigenvalue weighted by Crippen LogP contribution is 2.34. The molecule has 0 radical (unpaired) electrons. The van der Waals surface area contributed by atoms with Crippen molar-refractivity contribution in [1.29, 1.82) is 5.26 Å². The molecule has 1 fully saturated rings. The summed E-state index contributed by atoms with van der Waals surface area (Å²) in [6.45, 7) is 0.190. The molecule has 1 aromatic carbocycles. The molecule has 2 unspecified atom stereocenters. The zero-order valence-electron chi connectivity index (χ0n) is 18.3. The van der Waals surface area contributed by atoms with Gasteiger partial charge in [-0.2, -0.15) is 15.0 Å². The number of rotatable bonds is 5. The number of carbonyl (C=O) groups excluding carboxylic acids is 3. The molecule has 9 nitrogen and oxygen atoms in total. The van der Waals surface area contributed by atoms with Gasteiger partial charge in [0.15, 0.2) is 11.6 Å². The normalized spacial score (nSPS) is 19.6. The molecule has 1 saturated carbocycles. The fourth-order valence-electron chi connectivity index (χ4n) is 4.82. The van der Waals surface area contributed by atoms with E-state index in [1.165, 1.54) is 15.8 Å². The fraction of sp³-hybridized carbons (Fsp3) is 0.280. The average Bonchev–Trinajstić information content (AvgIpc) is 3.39. The number of nitriles is 1. The minimum absolute atomic E-state index is 0.173. The molecule has 2 aromatic heterocycles. The van der Waals surface area contributed by atoms with Crippen LogP contribution in [0.25, 0.3) is 5.82 Å². The first-order valence-corrected chi connectivity index (χ1v) is 11.2. The van der Waals surface area contributed by atoms with Gasteiger partial charge in [-0.25, -0.2) is 4.98 Å². The highest BCUT2D eigenvalue weighted by molar-refractivity contribution is 6.21. The van der Waals surface area contributed by atoms with Crippen LogP contribution >= 0.6 is 0 Å². The number of carbonyl (C=O) groups is 3. The summed E-state index contributed by atoms with van der Waals surface area (Å²) in [6.07, 6.45) is 6.17. The summed E-state index contributed by atoms with van der Waals surface area (Å²) >= 11 is 0. The number of anilines is 1. The van der Waals surface area contributed by atoms with E-state index in [-0.39, 0.29) is 41.6 Å². The first-order valence-electron chi connectivity index (χ1n) is 11.2.